The number of aliphatic hydroxyl groups is 1. The molecule has 3 N–H and O–H groups in total. The van der Waals surface area contributed by atoms with Crippen LogP contribution in [0.1, 0.15) is 36.8 Å². The maximum absolute atomic E-state index is 10.7. The molecule has 3 nitrogen and oxygen atoms in total. The van der Waals surface area contributed by atoms with Gasteiger partial charge < -0.3 is 15.6 Å². The third-order valence-electron chi connectivity index (χ3n) is 3.99. The Morgan fingerprint density at radius 1 is 1.41 bits per heavy atom. The molecule has 1 saturated carbocycles. The molecule has 0 radical (unpaired) electrons. The highest BCUT2D eigenvalue weighted by Crippen LogP contribution is 2.38. The molecule has 1 aliphatic heterocycles. The van der Waals surface area contributed by atoms with Crippen LogP contribution in [0, 0.1) is 0 Å². The lowest BCUT2D eigenvalue weighted by molar-refractivity contribution is -0.00721. The zero-order chi connectivity index (χ0) is 11.9. The third kappa shape index (κ3) is 1.94. The predicted molar refractivity (Wildman–Crippen MR) is 66.0 cm³/mol. The standard InChI is InChI=1S/C14H19NO2/c15-12-2-1-6-14(16,9-12)11-3-4-13-10(8-11)5-7-17-13/h3-4,8,12,16H,1-2,5-7,9,15H2. The number of hydrogen-bond donors (Lipinski definition) is 2. The van der Waals surface area contributed by atoms with E-state index in [0.717, 1.165) is 43.6 Å². The fourth-order valence-corrected chi connectivity index (χ4v) is 3.03. The van der Waals surface area contributed by atoms with Gasteiger partial charge in [-0.3, -0.25) is 0 Å². The van der Waals surface area contributed by atoms with Gasteiger partial charge in [-0.25, -0.2) is 0 Å². The Bertz CT molecular complexity index is 432. The van der Waals surface area contributed by atoms with E-state index in [2.05, 4.69) is 6.07 Å². The highest BCUT2D eigenvalue weighted by atomic mass is 16.5. The van der Waals surface area contributed by atoms with Crippen molar-refractivity contribution in [2.45, 2.75) is 43.7 Å². The monoisotopic (exact) mass is 233 g/mol. The Morgan fingerprint density at radius 3 is 3.12 bits per heavy atom. The number of ether oxygens (including phenoxy) is 1. The Hall–Kier alpha value is -1.06. The molecule has 0 amide bonds. The van der Waals surface area contributed by atoms with Crippen molar-refractivity contribution < 1.29 is 9.84 Å². The van der Waals surface area contributed by atoms with Crippen molar-refractivity contribution in [1.29, 1.82) is 0 Å². The van der Waals surface area contributed by atoms with E-state index >= 15 is 0 Å². The topological polar surface area (TPSA) is 55.5 Å². The zero-order valence-corrected chi connectivity index (χ0v) is 9.98. The van der Waals surface area contributed by atoms with E-state index in [1.165, 1.54) is 5.56 Å². The predicted octanol–water partition coefficient (Wildman–Crippen LogP) is 1.71. The van der Waals surface area contributed by atoms with Gasteiger partial charge in [-0.15, -0.1) is 0 Å². The average molecular weight is 233 g/mol. The minimum atomic E-state index is -0.727. The van der Waals surface area contributed by atoms with Crippen LogP contribution < -0.4 is 10.5 Å². The van der Waals surface area contributed by atoms with Gasteiger partial charge in [0.1, 0.15) is 5.75 Å². The van der Waals surface area contributed by atoms with E-state index in [9.17, 15) is 5.11 Å². The summed E-state index contributed by atoms with van der Waals surface area (Å²) in [6, 6.07) is 6.19. The molecule has 0 aromatic heterocycles. The van der Waals surface area contributed by atoms with Gasteiger partial charge in [0.25, 0.3) is 0 Å². The first-order valence-electron chi connectivity index (χ1n) is 6.41. The Balaban J connectivity index is 1.92. The zero-order valence-electron chi connectivity index (χ0n) is 9.98. The lowest BCUT2D eigenvalue weighted by Crippen LogP contribution is -2.39. The molecule has 3 rings (SSSR count). The lowest BCUT2D eigenvalue weighted by atomic mass is 9.77. The summed E-state index contributed by atoms with van der Waals surface area (Å²) in [6.45, 7) is 0.761. The first kappa shape index (κ1) is 11.1. The van der Waals surface area contributed by atoms with Crippen LogP contribution >= 0.6 is 0 Å². The van der Waals surface area contributed by atoms with Crippen molar-refractivity contribution >= 4 is 0 Å². The van der Waals surface area contributed by atoms with Gasteiger partial charge in [0.05, 0.1) is 12.2 Å². The molecule has 92 valence electrons. The molecule has 2 aliphatic rings. The van der Waals surface area contributed by atoms with Gasteiger partial charge in [0.15, 0.2) is 0 Å². The van der Waals surface area contributed by atoms with Gasteiger partial charge in [0.2, 0.25) is 0 Å². The molecule has 1 aromatic rings. The summed E-state index contributed by atoms with van der Waals surface area (Å²) in [5, 5.41) is 10.7. The van der Waals surface area contributed by atoms with Crippen molar-refractivity contribution in [3.8, 4) is 5.75 Å². The summed E-state index contributed by atoms with van der Waals surface area (Å²) >= 11 is 0. The van der Waals surface area contributed by atoms with Crippen LogP contribution in [-0.2, 0) is 12.0 Å². The highest BCUT2D eigenvalue weighted by molar-refractivity contribution is 5.41. The number of rotatable bonds is 1. The summed E-state index contributed by atoms with van der Waals surface area (Å²) < 4.78 is 5.49. The maximum Gasteiger partial charge on any atom is 0.122 e. The summed E-state index contributed by atoms with van der Waals surface area (Å²) in [4.78, 5) is 0. The summed E-state index contributed by atoms with van der Waals surface area (Å²) in [5.74, 6) is 0.970. The molecule has 2 unspecified atom stereocenters. The highest BCUT2D eigenvalue weighted by Gasteiger charge is 2.35. The molecule has 1 heterocycles. The summed E-state index contributed by atoms with van der Waals surface area (Å²) in [7, 11) is 0. The van der Waals surface area contributed by atoms with E-state index in [1.807, 2.05) is 12.1 Å². The Morgan fingerprint density at radius 2 is 2.29 bits per heavy atom. The SMILES string of the molecule is NC1CCCC(O)(c2ccc3c(c2)CCO3)C1. The van der Waals surface area contributed by atoms with E-state index in [-0.39, 0.29) is 6.04 Å². The summed E-state index contributed by atoms with van der Waals surface area (Å²) in [5.41, 5.74) is 7.48. The third-order valence-corrected chi connectivity index (χ3v) is 3.99. The fraction of sp³-hybridized carbons (Fsp3) is 0.571. The molecule has 2 atom stereocenters. The molecule has 17 heavy (non-hydrogen) atoms. The van der Waals surface area contributed by atoms with Crippen LogP contribution in [0.15, 0.2) is 18.2 Å². The molecule has 0 saturated heterocycles. The van der Waals surface area contributed by atoms with Gasteiger partial charge in [-0.2, -0.15) is 0 Å². The van der Waals surface area contributed by atoms with Crippen LogP contribution in [0.4, 0.5) is 0 Å². The second kappa shape index (κ2) is 4.00. The maximum atomic E-state index is 10.7. The molecule has 1 aromatic carbocycles. The Labute approximate surface area is 102 Å². The molecule has 1 fully saturated rings. The molecule has 3 heteroatoms. The molecule has 0 spiro atoms. The van der Waals surface area contributed by atoms with Crippen LogP contribution in [-0.4, -0.2) is 17.8 Å². The van der Waals surface area contributed by atoms with Gasteiger partial charge in [-0.1, -0.05) is 6.07 Å². The van der Waals surface area contributed by atoms with Crippen molar-refractivity contribution in [3.05, 3.63) is 29.3 Å². The second-order valence-corrected chi connectivity index (χ2v) is 5.31. The quantitative estimate of drug-likeness (QED) is 0.776. The van der Waals surface area contributed by atoms with Crippen molar-refractivity contribution in [1.82, 2.24) is 0 Å². The molecular weight excluding hydrogens is 214 g/mol. The van der Waals surface area contributed by atoms with E-state index in [4.69, 9.17) is 10.5 Å². The van der Waals surface area contributed by atoms with E-state index in [0.29, 0.717) is 6.42 Å². The first-order chi connectivity index (χ1) is 8.17. The fourth-order valence-electron chi connectivity index (χ4n) is 3.03. The van der Waals surface area contributed by atoms with Gasteiger partial charge in [-0.05, 0) is 48.9 Å². The normalized spacial score (nSPS) is 32.0. The van der Waals surface area contributed by atoms with Crippen molar-refractivity contribution in [2.24, 2.45) is 5.73 Å². The number of nitrogens with two attached hydrogens (primary N) is 1. The van der Waals surface area contributed by atoms with E-state index < -0.39 is 5.60 Å². The molecular formula is C14H19NO2. The number of hydrogen-bond acceptors (Lipinski definition) is 3. The number of benzene rings is 1. The minimum absolute atomic E-state index is 0.123. The van der Waals surface area contributed by atoms with Gasteiger partial charge >= 0.3 is 0 Å². The summed E-state index contributed by atoms with van der Waals surface area (Å²) in [6.07, 6.45) is 4.47. The molecule has 0 bridgehead atoms. The van der Waals surface area contributed by atoms with Crippen LogP contribution in [0.5, 0.6) is 5.75 Å². The van der Waals surface area contributed by atoms with Crippen LogP contribution in [0.2, 0.25) is 0 Å². The van der Waals surface area contributed by atoms with Crippen LogP contribution in [0.25, 0.3) is 0 Å². The molecule has 1 aliphatic carbocycles. The largest absolute Gasteiger partial charge is 0.493 e. The Kier molecular flexibility index (Phi) is 2.60. The number of fused-ring (bicyclic) bond motifs is 1. The van der Waals surface area contributed by atoms with Gasteiger partial charge in [0, 0.05) is 12.5 Å². The lowest BCUT2D eigenvalue weighted by Gasteiger charge is -2.36. The minimum Gasteiger partial charge on any atom is -0.493 e. The first-order valence-corrected chi connectivity index (χ1v) is 6.41. The van der Waals surface area contributed by atoms with Crippen LogP contribution in [0.3, 0.4) is 0 Å². The smallest absolute Gasteiger partial charge is 0.122 e. The van der Waals surface area contributed by atoms with Crippen molar-refractivity contribution in [2.75, 3.05) is 6.61 Å². The average Bonchev–Trinajstić information content (AvgIpc) is 2.75. The van der Waals surface area contributed by atoms with E-state index in [1.54, 1.807) is 0 Å². The second-order valence-electron chi connectivity index (χ2n) is 5.31. The van der Waals surface area contributed by atoms with Crippen molar-refractivity contribution in [3.63, 3.8) is 0 Å².